The molecule has 0 N–H and O–H groups in total. The molecule has 6 aromatic carbocycles. The molecule has 0 aliphatic heterocycles. The second-order valence-corrected chi connectivity index (χ2v) is 14.1. The Kier molecular flexibility index (Phi) is 7.09. The average molecular weight is 598 g/mol. The van der Waals surface area contributed by atoms with Gasteiger partial charge in [0.25, 0.3) is 0 Å². The monoisotopic (exact) mass is 597 g/mol. The van der Waals surface area contributed by atoms with Crippen molar-refractivity contribution in [3.63, 3.8) is 0 Å². The number of rotatable bonds is 5. The minimum atomic E-state index is -0.0799. The SMILES string of the molecule is Cc1ccccc1-c1cc2ccccc2cc1N(c1ccc2c(c1)C(C)(C)c1cccc(C)c1-2)c1ccccc1C1CCCCC1. The van der Waals surface area contributed by atoms with Gasteiger partial charge < -0.3 is 4.90 Å². The fourth-order valence-corrected chi connectivity index (χ4v) is 8.46. The predicted molar refractivity (Wildman–Crippen MR) is 197 cm³/mol. The number of para-hydroxylation sites is 1. The Morgan fingerprint density at radius 3 is 2.04 bits per heavy atom. The second-order valence-electron chi connectivity index (χ2n) is 14.1. The van der Waals surface area contributed by atoms with Gasteiger partial charge in [-0.15, -0.1) is 0 Å². The van der Waals surface area contributed by atoms with Gasteiger partial charge in [0.1, 0.15) is 0 Å². The lowest BCUT2D eigenvalue weighted by molar-refractivity contribution is 0.444. The summed E-state index contributed by atoms with van der Waals surface area (Å²) in [6.07, 6.45) is 6.50. The van der Waals surface area contributed by atoms with Crippen molar-refractivity contribution < 1.29 is 0 Å². The topological polar surface area (TPSA) is 3.24 Å². The molecule has 0 unspecified atom stereocenters. The van der Waals surface area contributed by atoms with Crippen LogP contribution in [0, 0.1) is 13.8 Å². The molecule has 0 aromatic heterocycles. The Balaban J connectivity index is 1.43. The Morgan fingerprint density at radius 1 is 0.543 bits per heavy atom. The number of anilines is 3. The van der Waals surface area contributed by atoms with Gasteiger partial charge in [-0.05, 0) is 118 Å². The van der Waals surface area contributed by atoms with Crippen LogP contribution in [-0.2, 0) is 5.41 Å². The van der Waals surface area contributed by atoms with Crippen molar-refractivity contribution in [2.24, 2.45) is 0 Å². The Bertz CT molecular complexity index is 2090. The lowest BCUT2D eigenvalue weighted by atomic mass is 9.81. The van der Waals surface area contributed by atoms with Gasteiger partial charge in [0.2, 0.25) is 0 Å². The number of benzene rings is 6. The van der Waals surface area contributed by atoms with Crippen molar-refractivity contribution in [2.45, 2.75) is 71.1 Å². The molecule has 6 aromatic rings. The number of fused-ring (bicyclic) bond motifs is 4. The highest BCUT2D eigenvalue weighted by Gasteiger charge is 2.37. The van der Waals surface area contributed by atoms with Crippen molar-refractivity contribution in [3.8, 4) is 22.3 Å². The molecule has 0 saturated heterocycles. The first-order valence-electron chi connectivity index (χ1n) is 17.1. The van der Waals surface area contributed by atoms with Crippen LogP contribution in [0.4, 0.5) is 17.1 Å². The highest BCUT2D eigenvalue weighted by Crippen LogP contribution is 2.53. The van der Waals surface area contributed by atoms with Crippen LogP contribution >= 0.6 is 0 Å². The summed E-state index contributed by atoms with van der Waals surface area (Å²) in [5.41, 5.74) is 16.0. The molecule has 46 heavy (non-hydrogen) atoms. The summed E-state index contributed by atoms with van der Waals surface area (Å²) >= 11 is 0. The van der Waals surface area contributed by atoms with Gasteiger partial charge in [-0.1, -0.05) is 124 Å². The number of aryl methyl sites for hydroxylation is 2. The maximum Gasteiger partial charge on any atom is 0.0546 e. The van der Waals surface area contributed by atoms with Gasteiger partial charge in [-0.3, -0.25) is 0 Å². The standard InChI is InChI=1S/C45H43N/c1-30-15-8-11-21-36(30)39-27-33-19-9-10-20-34(33)28-43(39)46(42-24-13-12-22-37(42)32-17-6-5-7-18-32)35-25-26-38-41(29-35)45(3,4)40-23-14-16-31(2)44(38)40/h8-16,19-29,32H,5-7,17-18H2,1-4H3. The lowest BCUT2D eigenvalue weighted by Gasteiger charge is -2.34. The van der Waals surface area contributed by atoms with E-state index >= 15 is 0 Å². The number of hydrogen-bond acceptors (Lipinski definition) is 1. The van der Waals surface area contributed by atoms with Crippen molar-refractivity contribution >= 4 is 27.8 Å². The highest BCUT2D eigenvalue weighted by atomic mass is 15.1. The van der Waals surface area contributed by atoms with E-state index in [0.717, 1.165) is 0 Å². The van der Waals surface area contributed by atoms with Crippen LogP contribution in [0.15, 0.2) is 121 Å². The van der Waals surface area contributed by atoms with Gasteiger partial charge >= 0.3 is 0 Å². The smallest absolute Gasteiger partial charge is 0.0546 e. The quantitative estimate of drug-likeness (QED) is 0.191. The van der Waals surface area contributed by atoms with Crippen LogP contribution in [-0.4, -0.2) is 0 Å². The summed E-state index contributed by atoms with van der Waals surface area (Å²) in [6, 6.07) is 45.9. The van der Waals surface area contributed by atoms with Crippen LogP contribution in [0.3, 0.4) is 0 Å². The molecule has 0 amide bonds. The fourth-order valence-electron chi connectivity index (χ4n) is 8.46. The third kappa shape index (κ3) is 4.68. The van der Waals surface area contributed by atoms with E-state index in [1.807, 2.05) is 0 Å². The first-order chi connectivity index (χ1) is 22.4. The Morgan fingerprint density at radius 2 is 1.24 bits per heavy atom. The van der Waals surface area contributed by atoms with E-state index in [9.17, 15) is 0 Å². The summed E-state index contributed by atoms with van der Waals surface area (Å²) in [7, 11) is 0. The van der Waals surface area contributed by atoms with Crippen LogP contribution in [0.25, 0.3) is 33.0 Å². The van der Waals surface area contributed by atoms with Crippen molar-refractivity contribution in [2.75, 3.05) is 4.90 Å². The largest absolute Gasteiger partial charge is 0.310 e. The molecule has 8 rings (SSSR count). The van der Waals surface area contributed by atoms with E-state index < -0.39 is 0 Å². The number of hydrogen-bond donors (Lipinski definition) is 0. The second kappa shape index (κ2) is 11.3. The van der Waals surface area contributed by atoms with E-state index in [1.54, 1.807) is 0 Å². The molecule has 1 nitrogen and oxygen atoms in total. The van der Waals surface area contributed by atoms with Gasteiger partial charge in [0.15, 0.2) is 0 Å². The van der Waals surface area contributed by atoms with E-state index in [2.05, 4.69) is 154 Å². The summed E-state index contributed by atoms with van der Waals surface area (Å²) < 4.78 is 0. The number of nitrogens with zero attached hydrogens (tertiary/aromatic N) is 1. The van der Waals surface area contributed by atoms with Crippen LogP contribution in [0.2, 0.25) is 0 Å². The molecular weight excluding hydrogens is 555 g/mol. The summed E-state index contributed by atoms with van der Waals surface area (Å²) in [5.74, 6) is 0.576. The van der Waals surface area contributed by atoms with E-state index in [0.29, 0.717) is 5.92 Å². The van der Waals surface area contributed by atoms with E-state index in [-0.39, 0.29) is 5.41 Å². The van der Waals surface area contributed by atoms with Crippen LogP contribution < -0.4 is 4.90 Å². The molecule has 1 saturated carbocycles. The van der Waals surface area contributed by atoms with Crippen molar-refractivity contribution in [1.29, 1.82) is 0 Å². The van der Waals surface area contributed by atoms with Gasteiger partial charge in [-0.2, -0.15) is 0 Å². The molecule has 0 atom stereocenters. The Hall–Kier alpha value is -4.62. The average Bonchev–Trinajstić information content (AvgIpc) is 3.32. The molecular formula is C45H43N. The highest BCUT2D eigenvalue weighted by molar-refractivity contribution is 5.99. The predicted octanol–water partition coefficient (Wildman–Crippen LogP) is 12.9. The maximum absolute atomic E-state index is 2.60. The van der Waals surface area contributed by atoms with Gasteiger partial charge in [0, 0.05) is 22.4 Å². The molecule has 0 radical (unpaired) electrons. The van der Waals surface area contributed by atoms with Gasteiger partial charge in [0.05, 0.1) is 5.69 Å². The van der Waals surface area contributed by atoms with Crippen LogP contribution in [0.5, 0.6) is 0 Å². The maximum atomic E-state index is 2.60. The minimum absolute atomic E-state index is 0.0799. The third-order valence-electron chi connectivity index (χ3n) is 10.9. The minimum Gasteiger partial charge on any atom is -0.310 e. The van der Waals surface area contributed by atoms with Crippen molar-refractivity contribution in [3.05, 3.63) is 149 Å². The van der Waals surface area contributed by atoms with Crippen LogP contribution in [0.1, 0.15) is 79.7 Å². The molecule has 2 aliphatic carbocycles. The molecule has 0 spiro atoms. The zero-order valence-corrected chi connectivity index (χ0v) is 27.6. The molecule has 0 heterocycles. The first kappa shape index (κ1) is 28.8. The van der Waals surface area contributed by atoms with E-state index in [1.165, 1.54) is 110 Å². The molecule has 1 fully saturated rings. The van der Waals surface area contributed by atoms with Crippen molar-refractivity contribution in [1.82, 2.24) is 0 Å². The molecule has 1 heteroatoms. The third-order valence-corrected chi connectivity index (χ3v) is 10.9. The zero-order chi connectivity index (χ0) is 31.4. The van der Waals surface area contributed by atoms with Gasteiger partial charge in [-0.25, -0.2) is 0 Å². The zero-order valence-electron chi connectivity index (χ0n) is 27.6. The molecule has 0 bridgehead atoms. The fraction of sp³-hybridized carbons (Fsp3) is 0.244. The first-order valence-corrected chi connectivity index (χ1v) is 17.1. The summed E-state index contributed by atoms with van der Waals surface area (Å²) in [6.45, 7) is 9.30. The van der Waals surface area contributed by atoms with E-state index in [4.69, 9.17) is 0 Å². The Labute approximate surface area is 274 Å². The molecule has 2 aliphatic rings. The normalized spacial score (nSPS) is 15.5. The summed E-state index contributed by atoms with van der Waals surface area (Å²) in [4.78, 5) is 2.60. The summed E-state index contributed by atoms with van der Waals surface area (Å²) in [5, 5.41) is 2.53. The lowest BCUT2D eigenvalue weighted by Crippen LogP contribution is -2.18. The molecule has 228 valence electrons.